The molecule has 2 fully saturated rings. The smallest absolute Gasteiger partial charge is 0.0145 e. The second kappa shape index (κ2) is 15.7. The molecule has 2 heterocycles. The summed E-state index contributed by atoms with van der Waals surface area (Å²) in [7, 11) is 0. The normalized spacial score (nSPS) is 23.4. The highest BCUT2D eigenvalue weighted by Gasteiger charge is 2.40. The van der Waals surface area contributed by atoms with Gasteiger partial charge in [0.2, 0.25) is 0 Å². The van der Waals surface area contributed by atoms with Crippen molar-refractivity contribution in [3.63, 3.8) is 0 Å². The summed E-state index contributed by atoms with van der Waals surface area (Å²) >= 11 is 3.99. The first-order chi connectivity index (χ1) is 17.7. The minimum atomic E-state index is 0.224. The summed E-state index contributed by atoms with van der Waals surface area (Å²) in [5.74, 6) is 2.57. The minimum absolute atomic E-state index is 0.224. The lowest BCUT2D eigenvalue weighted by Crippen LogP contribution is -2.62. The van der Waals surface area contributed by atoms with Gasteiger partial charge in [0.25, 0.3) is 0 Å². The van der Waals surface area contributed by atoms with E-state index in [2.05, 4.69) is 88.3 Å². The molecule has 0 unspecified atom stereocenters. The first-order valence-corrected chi connectivity index (χ1v) is 18.5. The van der Waals surface area contributed by atoms with E-state index < -0.39 is 0 Å². The van der Waals surface area contributed by atoms with Crippen molar-refractivity contribution in [3.05, 3.63) is 0 Å². The Balaban J connectivity index is 1.86. The third-order valence-corrected chi connectivity index (χ3v) is 9.99. The van der Waals surface area contributed by atoms with Crippen molar-refractivity contribution in [3.8, 4) is 0 Å². The summed E-state index contributed by atoms with van der Waals surface area (Å²) in [6.45, 7) is 24.3. The van der Waals surface area contributed by atoms with Crippen LogP contribution in [-0.4, -0.2) is 94.2 Å². The van der Waals surface area contributed by atoms with Gasteiger partial charge in [0, 0.05) is 34.2 Å². The van der Waals surface area contributed by atoms with Crippen LogP contribution in [0.25, 0.3) is 0 Å². The van der Waals surface area contributed by atoms with Crippen molar-refractivity contribution in [1.82, 2.24) is 20.4 Å². The van der Waals surface area contributed by atoms with Gasteiger partial charge in [-0.1, -0.05) is 12.8 Å². The van der Waals surface area contributed by atoms with Crippen molar-refractivity contribution in [1.29, 1.82) is 0 Å². The zero-order chi connectivity index (χ0) is 28.5. The van der Waals surface area contributed by atoms with Crippen LogP contribution in [0.15, 0.2) is 0 Å². The number of hydrogen-bond acceptors (Lipinski definition) is 6. The maximum Gasteiger partial charge on any atom is 0.0145 e. The molecule has 2 rings (SSSR count). The molecule has 226 valence electrons. The Labute approximate surface area is 247 Å². The predicted molar refractivity (Wildman–Crippen MR) is 176 cm³/mol. The average Bonchev–Trinajstić information content (AvgIpc) is 2.74. The molecule has 0 saturated carbocycles. The number of nitrogens with zero attached hydrogens (tertiary/aromatic N) is 2. The van der Waals surface area contributed by atoms with Crippen LogP contribution in [-0.2, 0) is 0 Å². The van der Waals surface area contributed by atoms with Crippen LogP contribution in [0.1, 0.15) is 120 Å². The Morgan fingerprint density at radius 2 is 0.789 bits per heavy atom. The maximum atomic E-state index is 3.89. The fourth-order valence-corrected chi connectivity index (χ4v) is 8.65. The molecule has 0 aromatic heterocycles. The molecule has 0 radical (unpaired) electrons. The second-order valence-corrected chi connectivity index (χ2v) is 17.1. The van der Waals surface area contributed by atoms with E-state index in [0.717, 1.165) is 0 Å². The standard InChI is InChI=1S/C32H66N4S2/c1-29(2)23-27(24-30(3,4)33-29)35(19-15-21-37-9)17-13-11-12-14-18-36(20-16-22-38-10)28-25-31(5,6)34-32(7,8)26-28/h27-28,33-34H,11-26H2,1-10H3. The molecule has 0 amide bonds. The van der Waals surface area contributed by atoms with Crippen LogP contribution >= 0.6 is 23.5 Å². The van der Waals surface area contributed by atoms with Crippen LogP contribution in [0.4, 0.5) is 0 Å². The molecule has 2 N–H and O–H groups in total. The summed E-state index contributed by atoms with van der Waals surface area (Å²) in [4.78, 5) is 5.74. The molecule has 2 aliphatic rings. The molecular weight excluding hydrogens is 505 g/mol. The molecule has 38 heavy (non-hydrogen) atoms. The number of hydrogen-bond donors (Lipinski definition) is 2. The van der Waals surface area contributed by atoms with Crippen molar-refractivity contribution < 1.29 is 0 Å². The van der Waals surface area contributed by atoms with E-state index in [1.165, 1.54) is 102 Å². The number of rotatable bonds is 17. The van der Waals surface area contributed by atoms with Crippen LogP contribution in [0.3, 0.4) is 0 Å². The van der Waals surface area contributed by atoms with Crippen molar-refractivity contribution >= 4 is 23.5 Å². The summed E-state index contributed by atoms with van der Waals surface area (Å²) in [5, 5.41) is 7.79. The topological polar surface area (TPSA) is 30.5 Å². The van der Waals surface area contributed by atoms with Gasteiger partial charge in [-0.25, -0.2) is 0 Å². The average molecular weight is 571 g/mol. The lowest BCUT2D eigenvalue weighted by Gasteiger charge is -2.50. The highest BCUT2D eigenvalue weighted by Crippen LogP contribution is 2.33. The lowest BCUT2D eigenvalue weighted by atomic mass is 9.79. The quantitative estimate of drug-likeness (QED) is 0.179. The summed E-state index contributed by atoms with van der Waals surface area (Å²) < 4.78 is 0. The summed E-state index contributed by atoms with van der Waals surface area (Å²) in [5.41, 5.74) is 0.896. The summed E-state index contributed by atoms with van der Waals surface area (Å²) in [6, 6.07) is 1.42. The highest BCUT2D eigenvalue weighted by molar-refractivity contribution is 7.98. The lowest BCUT2D eigenvalue weighted by molar-refractivity contribution is 0.0624. The SMILES string of the molecule is CSCCCN(CCCCCCN(CCCSC)C1CC(C)(C)NC(C)(C)C1)C1CC(C)(C)NC(C)(C)C1. The first kappa shape index (κ1) is 34.7. The Morgan fingerprint density at radius 1 is 0.500 bits per heavy atom. The first-order valence-electron chi connectivity index (χ1n) is 15.7. The number of nitrogens with one attached hydrogen (secondary N) is 2. The number of piperidine rings is 2. The molecule has 2 aliphatic heterocycles. The van der Waals surface area contributed by atoms with Gasteiger partial charge in [0.1, 0.15) is 0 Å². The largest absolute Gasteiger partial charge is 0.307 e. The molecule has 0 aromatic rings. The van der Waals surface area contributed by atoms with E-state index in [9.17, 15) is 0 Å². The molecule has 2 saturated heterocycles. The monoisotopic (exact) mass is 570 g/mol. The van der Waals surface area contributed by atoms with E-state index in [4.69, 9.17) is 0 Å². The molecular formula is C32H66N4S2. The van der Waals surface area contributed by atoms with Crippen LogP contribution in [0, 0.1) is 0 Å². The molecule has 6 heteroatoms. The maximum absolute atomic E-state index is 3.89. The molecule has 0 spiro atoms. The van der Waals surface area contributed by atoms with E-state index >= 15 is 0 Å². The minimum Gasteiger partial charge on any atom is -0.307 e. The molecule has 0 aromatic carbocycles. The van der Waals surface area contributed by atoms with E-state index in [-0.39, 0.29) is 22.2 Å². The fraction of sp³-hybridized carbons (Fsp3) is 1.00. The Morgan fingerprint density at radius 3 is 1.08 bits per heavy atom. The predicted octanol–water partition coefficient (Wildman–Crippen LogP) is 7.28. The Kier molecular flexibility index (Phi) is 14.3. The molecule has 0 bridgehead atoms. The number of thioether (sulfide) groups is 2. The van der Waals surface area contributed by atoms with Crippen molar-refractivity contribution in [2.45, 2.75) is 154 Å². The van der Waals surface area contributed by atoms with Gasteiger partial charge in [0.05, 0.1) is 0 Å². The van der Waals surface area contributed by atoms with E-state index in [1.807, 2.05) is 23.5 Å². The van der Waals surface area contributed by atoms with Crippen LogP contribution in [0.5, 0.6) is 0 Å². The van der Waals surface area contributed by atoms with Gasteiger partial charge in [-0.05, 0) is 157 Å². The van der Waals surface area contributed by atoms with Crippen molar-refractivity contribution in [2.75, 3.05) is 50.2 Å². The highest BCUT2D eigenvalue weighted by atomic mass is 32.2. The van der Waals surface area contributed by atoms with Gasteiger partial charge in [-0.15, -0.1) is 0 Å². The van der Waals surface area contributed by atoms with Gasteiger partial charge in [0.15, 0.2) is 0 Å². The van der Waals surface area contributed by atoms with Gasteiger partial charge in [-0.3, -0.25) is 0 Å². The molecule has 0 atom stereocenters. The number of unbranched alkanes of at least 4 members (excludes halogenated alkanes) is 3. The van der Waals surface area contributed by atoms with Gasteiger partial charge < -0.3 is 20.4 Å². The zero-order valence-corrected chi connectivity index (χ0v) is 28.8. The van der Waals surface area contributed by atoms with E-state index in [0.29, 0.717) is 12.1 Å². The third-order valence-electron chi connectivity index (χ3n) is 8.60. The van der Waals surface area contributed by atoms with Gasteiger partial charge in [-0.2, -0.15) is 23.5 Å². The Bertz CT molecular complexity index is 576. The summed E-state index contributed by atoms with van der Waals surface area (Å²) in [6.07, 6.45) is 17.7. The molecule has 0 aliphatic carbocycles. The second-order valence-electron chi connectivity index (χ2n) is 15.1. The zero-order valence-electron chi connectivity index (χ0n) is 27.2. The van der Waals surface area contributed by atoms with Gasteiger partial charge >= 0.3 is 0 Å². The van der Waals surface area contributed by atoms with E-state index in [1.54, 1.807) is 0 Å². The molecule has 4 nitrogen and oxygen atoms in total. The third kappa shape index (κ3) is 13.0. The van der Waals surface area contributed by atoms with Crippen molar-refractivity contribution in [2.24, 2.45) is 0 Å². The fourth-order valence-electron chi connectivity index (χ4n) is 7.81. The van der Waals surface area contributed by atoms with Crippen LogP contribution < -0.4 is 10.6 Å². The Hall–Kier alpha value is 0.540. The van der Waals surface area contributed by atoms with Crippen LogP contribution in [0.2, 0.25) is 0 Å².